The molecule has 0 amide bonds. The number of aromatic nitrogens is 2. The molecular weight excluding hydrogens is 546 g/mol. The Morgan fingerprint density at radius 3 is 2.12 bits per heavy atom. The summed E-state index contributed by atoms with van der Waals surface area (Å²) in [5.74, 6) is -0.771. The fourth-order valence-electron chi connectivity index (χ4n) is 4.49. The van der Waals surface area contributed by atoms with Gasteiger partial charge in [0, 0.05) is 6.54 Å². The molecule has 14 heteroatoms. The van der Waals surface area contributed by atoms with Crippen molar-refractivity contribution in [3.63, 3.8) is 0 Å². The predicted molar refractivity (Wildman–Crippen MR) is 133 cm³/mol. The number of ether oxygens (including phenoxy) is 2. The lowest BCUT2D eigenvalue weighted by molar-refractivity contribution is -0.658. The summed E-state index contributed by atoms with van der Waals surface area (Å²) >= 11 is 0. The lowest BCUT2D eigenvalue weighted by Gasteiger charge is -2.35. The molecule has 0 saturated carbocycles. The maximum atomic E-state index is 14.5. The average molecular weight is 571 g/mol. The molecule has 40 heavy (non-hydrogen) atoms. The molecular formula is C26H25F6N4O4+. The number of fused-ring (bicyclic) bond motifs is 1. The second kappa shape index (κ2) is 10.7. The Balaban J connectivity index is 1.89. The van der Waals surface area contributed by atoms with Crippen LogP contribution >= 0.6 is 0 Å². The summed E-state index contributed by atoms with van der Waals surface area (Å²) in [4.78, 5) is 28.7. The third-order valence-corrected chi connectivity index (χ3v) is 6.28. The minimum absolute atomic E-state index is 0.00825. The van der Waals surface area contributed by atoms with Crippen molar-refractivity contribution in [1.29, 1.82) is 0 Å². The summed E-state index contributed by atoms with van der Waals surface area (Å²) in [6.07, 6.45) is -12.1. The normalized spacial score (nSPS) is 14.7. The molecule has 0 saturated heterocycles. The van der Waals surface area contributed by atoms with Crippen LogP contribution in [0.25, 0.3) is 0 Å². The summed E-state index contributed by atoms with van der Waals surface area (Å²) in [6, 6.07) is 11.7. The van der Waals surface area contributed by atoms with Gasteiger partial charge in [-0.15, -0.1) is 0 Å². The van der Waals surface area contributed by atoms with Gasteiger partial charge in [0.2, 0.25) is 5.82 Å². The third-order valence-electron chi connectivity index (χ3n) is 6.28. The second-order valence-electron chi connectivity index (χ2n) is 8.77. The number of benzene rings is 2. The molecule has 1 aliphatic rings. The highest BCUT2D eigenvalue weighted by Crippen LogP contribution is 2.48. The zero-order valence-electron chi connectivity index (χ0n) is 21.3. The van der Waals surface area contributed by atoms with Crippen LogP contribution in [0.1, 0.15) is 30.5 Å². The monoisotopic (exact) mass is 571 g/mol. The maximum absolute atomic E-state index is 14.5. The van der Waals surface area contributed by atoms with Crippen LogP contribution in [0.5, 0.6) is 11.5 Å². The van der Waals surface area contributed by atoms with Crippen LogP contribution in [0, 0.1) is 0 Å². The first-order valence-electron chi connectivity index (χ1n) is 12.2. The smallest absolute Gasteiger partial charge is 0.446 e. The van der Waals surface area contributed by atoms with Crippen molar-refractivity contribution in [2.75, 3.05) is 18.5 Å². The quantitative estimate of drug-likeness (QED) is 0.362. The number of hydrogen-bond donors (Lipinski definition) is 3. The van der Waals surface area contributed by atoms with Crippen LogP contribution in [0.3, 0.4) is 0 Å². The number of H-pyrrole nitrogens is 1. The van der Waals surface area contributed by atoms with Crippen LogP contribution in [0.2, 0.25) is 0 Å². The molecule has 0 fully saturated rings. The Kier molecular flexibility index (Phi) is 7.72. The van der Waals surface area contributed by atoms with Crippen molar-refractivity contribution >= 4 is 11.7 Å². The van der Waals surface area contributed by atoms with Crippen molar-refractivity contribution in [2.24, 2.45) is 0 Å². The fourth-order valence-corrected chi connectivity index (χ4v) is 4.49. The van der Waals surface area contributed by atoms with Gasteiger partial charge in [-0.2, -0.15) is 26.3 Å². The van der Waals surface area contributed by atoms with Gasteiger partial charge in [-0.25, -0.2) is 15.1 Å². The number of hydrogen-bond acceptors (Lipinski definition) is 5. The maximum Gasteiger partial charge on any atom is 0.446 e. The highest BCUT2D eigenvalue weighted by atomic mass is 19.4. The van der Waals surface area contributed by atoms with E-state index in [4.69, 9.17) is 9.47 Å². The molecule has 2 heterocycles. The van der Waals surface area contributed by atoms with E-state index in [0.717, 1.165) is 0 Å². The number of aromatic amines is 1. The number of rotatable bonds is 8. The Morgan fingerprint density at radius 2 is 1.52 bits per heavy atom. The molecule has 0 bridgehead atoms. The van der Waals surface area contributed by atoms with Crippen LogP contribution in [0.15, 0.2) is 58.1 Å². The van der Waals surface area contributed by atoms with Crippen LogP contribution in [0.4, 0.5) is 32.2 Å². The lowest BCUT2D eigenvalue weighted by atomic mass is 9.87. The highest BCUT2D eigenvalue weighted by Gasteiger charge is 2.78. The molecule has 0 aliphatic carbocycles. The van der Waals surface area contributed by atoms with Gasteiger partial charge in [0.25, 0.3) is 11.4 Å². The minimum atomic E-state index is -6.03. The lowest BCUT2D eigenvalue weighted by Crippen LogP contribution is -2.97. The summed E-state index contributed by atoms with van der Waals surface area (Å²) in [7, 11) is 0. The zero-order chi connectivity index (χ0) is 29.3. The molecule has 2 aromatic carbocycles. The molecule has 3 N–H and O–H groups in total. The Morgan fingerprint density at radius 1 is 0.900 bits per heavy atom. The number of nitrogens with zero attached hydrogens (tertiary/aromatic N) is 1. The van der Waals surface area contributed by atoms with Crippen LogP contribution < -0.4 is 31.0 Å². The van der Waals surface area contributed by atoms with Gasteiger partial charge in [0.15, 0.2) is 11.5 Å². The Bertz CT molecular complexity index is 1510. The van der Waals surface area contributed by atoms with E-state index in [-0.39, 0.29) is 18.5 Å². The van der Waals surface area contributed by atoms with Gasteiger partial charge in [-0.05, 0) is 50.1 Å². The molecule has 0 unspecified atom stereocenters. The summed E-state index contributed by atoms with van der Waals surface area (Å²) in [5, 5.41) is 2.46. The fraction of sp³-hybridized carbons (Fsp3) is 0.346. The Hall–Kier alpha value is -4.23. The van der Waals surface area contributed by atoms with E-state index in [1.54, 1.807) is 37.0 Å². The first-order valence-corrected chi connectivity index (χ1v) is 12.2. The minimum Gasteiger partial charge on any atom is -0.490 e. The number of anilines is 1. The number of nitrogens with one attached hydrogen (secondary N) is 3. The topological polar surface area (TPSA) is 99.3 Å². The summed E-state index contributed by atoms with van der Waals surface area (Å²) in [6.45, 7) is 3.82. The van der Waals surface area contributed by atoms with Crippen molar-refractivity contribution in [3.8, 4) is 11.5 Å². The SMILES string of the molecule is CCOc1ccc(CCn2c3c(c(=O)[nH]c2=O)C(C(F)(F)F)(C(F)(F)F)[NH+]=C(c2ccccc2)N3)cc1OCC. The predicted octanol–water partition coefficient (Wildman–Crippen LogP) is 2.85. The molecule has 0 atom stereocenters. The molecule has 1 aliphatic heterocycles. The summed E-state index contributed by atoms with van der Waals surface area (Å²) in [5.41, 5.74) is -9.03. The first kappa shape index (κ1) is 28.8. The molecule has 3 aromatic rings. The van der Waals surface area contributed by atoms with E-state index in [9.17, 15) is 35.9 Å². The van der Waals surface area contributed by atoms with Gasteiger partial charge in [0.1, 0.15) is 5.56 Å². The van der Waals surface area contributed by atoms with E-state index >= 15 is 0 Å². The van der Waals surface area contributed by atoms with Gasteiger partial charge in [-0.1, -0.05) is 24.3 Å². The average Bonchev–Trinajstić information content (AvgIpc) is 2.88. The second-order valence-corrected chi connectivity index (χ2v) is 8.77. The third kappa shape index (κ3) is 5.05. The van der Waals surface area contributed by atoms with Crippen LogP contribution in [-0.2, 0) is 18.5 Å². The van der Waals surface area contributed by atoms with Crippen molar-refractivity contribution in [1.82, 2.24) is 9.55 Å². The number of alkyl halides is 6. The number of amidine groups is 1. The number of aryl methyl sites for hydroxylation is 1. The van der Waals surface area contributed by atoms with Gasteiger partial charge >= 0.3 is 23.6 Å². The molecule has 1 aromatic heterocycles. The van der Waals surface area contributed by atoms with Gasteiger partial charge in [0.05, 0.1) is 18.8 Å². The van der Waals surface area contributed by atoms with Crippen molar-refractivity contribution < 1.29 is 40.8 Å². The molecule has 0 spiro atoms. The van der Waals surface area contributed by atoms with Crippen LogP contribution in [-0.4, -0.2) is 41.0 Å². The zero-order valence-corrected chi connectivity index (χ0v) is 21.3. The van der Waals surface area contributed by atoms with Crippen molar-refractivity contribution in [2.45, 2.75) is 44.7 Å². The van der Waals surface area contributed by atoms with Gasteiger partial charge in [-0.3, -0.25) is 14.3 Å². The van der Waals surface area contributed by atoms with E-state index in [0.29, 0.717) is 34.8 Å². The summed E-state index contributed by atoms with van der Waals surface area (Å²) < 4.78 is 98.4. The standard InChI is InChI=1S/C26H24F6N4O4/c1-3-39-17-11-10-15(14-18(17)40-4-2)12-13-36-21-19(22(37)34-23(36)38)24(25(27,28)29,26(30,31)32)35-20(33-21)16-8-6-5-7-9-16/h5-11,14H,3-4,12-13H2,1-2H3,(H,33,35)(H,34,37,38)/p+1. The Labute approximate surface area is 223 Å². The molecule has 0 radical (unpaired) electrons. The highest BCUT2D eigenvalue weighted by molar-refractivity contribution is 6.05. The molecule has 8 nitrogen and oxygen atoms in total. The van der Waals surface area contributed by atoms with E-state index in [1.165, 1.54) is 35.3 Å². The largest absolute Gasteiger partial charge is 0.490 e. The van der Waals surface area contributed by atoms with Crippen molar-refractivity contribution in [3.05, 3.63) is 86.1 Å². The van der Waals surface area contributed by atoms with E-state index in [1.807, 2.05) is 0 Å². The van der Waals surface area contributed by atoms with E-state index < -0.39 is 46.4 Å². The van der Waals surface area contributed by atoms with E-state index in [2.05, 4.69) is 5.32 Å². The first-order chi connectivity index (χ1) is 18.8. The molecule has 214 valence electrons. The number of halogens is 6. The molecule has 4 rings (SSSR count). The van der Waals surface area contributed by atoms with Gasteiger partial charge < -0.3 is 9.47 Å².